The topological polar surface area (TPSA) is 152 Å². The monoisotopic (exact) mass is 733 g/mol. The Morgan fingerprint density at radius 3 is 1.58 bits per heavy atom. The first-order valence-corrected chi connectivity index (χ1v) is 18.8. The molecule has 0 radical (unpaired) electrons. The second-order valence-electron chi connectivity index (χ2n) is 16.6. The molecule has 0 aromatic heterocycles. The summed E-state index contributed by atoms with van der Waals surface area (Å²) in [7, 11) is 0. The van der Waals surface area contributed by atoms with E-state index in [9.17, 15) is 29.1 Å². The normalized spacial score (nSPS) is 18.0. The van der Waals surface area contributed by atoms with Gasteiger partial charge in [-0.2, -0.15) is 0 Å². The Bertz CT molecular complexity index is 1600. The Morgan fingerprint density at radius 1 is 0.717 bits per heavy atom. The molecule has 12 nitrogen and oxygen atoms in total. The molecular formula is C41H55N3O9. The number of esters is 1. The molecule has 288 valence electrons. The minimum absolute atomic E-state index is 0.0340. The van der Waals surface area contributed by atoms with Gasteiger partial charge in [0.2, 0.25) is 5.91 Å². The number of hydrogen-bond donors (Lipinski definition) is 2. The zero-order chi connectivity index (χ0) is 38.5. The highest BCUT2D eigenvalue weighted by Gasteiger charge is 2.38. The van der Waals surface area contributed by atoms with E-state index in [1.807, 2.05) is 69.3 Å². The smallest absolute Gasteiger partial charge is 0.410 e. The minimum Gasteiger partial charge on any atom is -0.480 e. The molecule has 0 saturated carbocycles. The summed E-state index contributed by atoms with van der Waals surface area (Å²) in [4.78, 5) is 68.9. The van der Waals surface area contributed by atoms with E-state index in [1.165, 1.54) is 0 Å². The first-order chi connectivity index (χ1) is 25.0. The Labute approximate surface area is 312 Å². The van der Waals surface area contributed by atoms with E-state index in [4.69, 9.17) is 14.2 Å². The Hall–Kier alpha value is -4.61. The fourth-order valence-electron chi connectivity index (χ4n) is 7.53. The summed E-state index contributed by atoms with van der Waals surface area (Å²) >= 11 is 0. The van der Waals surface area contributed by atoms with Gasteiger partial charge >= 0.3 is 24.1 Å². The van der Waals surface area contributed by atoms with Crippen LogP contribution in [-0.4, -0.2) is 95.0 Å². The van der Waals surface area contributed by atoms with E-state index in [2.05, 4.69) is 5.32 Å². The third-order valence-corrected chi connectivity index (χ3v) is 10.2. The van der Waals surface area contributed by atoms with E-state index in [-0.39, 0.29) is 37.2 Å². The van der Waals surface area contributed by atoms with Crippen LogP contribution in [0.25, 0.3) is 11.1 Å². The maximum atomic E-state index is 14.0. The molecule has 2 heterocycles. The van der Waals surface area contributed by atoms with Crippen molar-refractivity contribution in [3.63, 3.8) is 0 Å². The predicted molar refractivity (Wildman–Crippen MR) is 198 cm³/mol. The molecule has 53 heavy (non-hydrogen) atoms. The highest BCUT2D eigenvalue weighted by molar-refractivity contribution is 5.99. The molecule has 0 unspecified atom stereocenters. The second kappa shape index (κ2) is 16.6. The molecule has 3 aliphatic rings. The van der Waals surface area contributed by atoms with E-state index in [0.29, 0.717) is 51.9 Å². The number of benzene rings is 2. The van der Waals surface area contributed by atoms with Crippen molar-refractivity contribution in [2.75, 3.05) is 32.8 Å². The fraction of sp³-hybridized carbons (Fsp3) is 0.585. The average Bonchev–Trinajstić information content (AvgIpc) is 3.41. The number of aliphatic carboxylic acids is 1. The lowest BCUT2D eigenvalue weighted by atomic mass is 9.86. The van der Waals surface area contributed by atoms with Gasteiger partial charge in [0.25, 0.3) is 0 Å². The number of nitrogens with zero attached hydrogens (tertiary/aromatic N) is 2. The van der Waals surface area contributed by atoms with Crippen molar-refractivity contribution in [3.8, 4) is 11.1 Å². The van der Waals surface area contributed by atoms with Crippen molar-refractivity contribution in [1.82, 2.24) is 15.1 Å². The Kier molecular flexibility index (Phi) is 12.4. The molecule has 2 saturated heterocycles. The molecule has 3 amide bonds. The third-order valence-electron chi connectivity index (χ3n) is 10.2. The molecule has 5 rings (SSSR count). The van der Waals surface area contributed by atoms with Crippen LogP contribution in [-0.2, 0) is 28.6 Å². The van der Waals surface area contributed by atoms with Crippen molar-refractivity contribution in [2.45, 2.75) is 103 Å². The molecule has 2 atom stereocenters. The molecule has 2 N–H and O–H groups in total. The van der Waals surface area contributed by atoms with Gasteiger partial charge in [-0.25, -0.2) is 14.4 Å². The number of piperidine rings is 2. The quantitative estimate of drug-likeness (QED) is 0.156. The first kappa shape index (κ1) is 39.6. The fourth-order valence-corrected chi connectivity index (χ4v) is 7.53. The van der Waals surface area contributed by atoms with Crippen LogP contribution in [0.3, 0.4) is 0 Å². The molecule has 0 bridgehead atoms. The van der Waals surface area contributed by atoms with Crippen LogP contribution in [0.2, 0.25) is 0 Å². The maximum Gasteiger partial charge on any atom is 0.410 e. The van der Waals surface area contributed by atoms with Crippen molar-refractivity contribution >= 4 is 30.0 Å². The first-order valence-electron chi connectivity index (χ1n) is 18.8. The number of carbonyl (C=O) groups excluding carboxylic acids is 4. The molecular weight excluding hydrogens is 678 g/mol. The zero-order valence-corrected chi connectivity index (χ0v) is 31.9. The van der Waals surface area contributed by atoms with Crippen LogP contribution in [0, 0.1) is 17.8 Å². The zero-order valence-electron chi connectivity index (χ0n) is 31.9. The van der Waals surface area contributed by atoms with Crippen molar-refractivity contribution in [1.29, 1.82) is 0 Å². The minimum atomic E-state index is -1.24. The Balaban J connectivity index is 1.26. The van der Waals surface area contributed by atoms with Gasteiger partial charge in [-0.3, -0.25) is 9.59 Å². The molecule has 2 aliphatic heterocycles. The Morgan fingerprint density at radius 2 is 1.15 bits per heavy atom. The van der Waals surface area contributed by atoms with Gasteiger partial charge in [-0.05, 0) is 114 Å². The predicted octanol–water partition coefficient (Wildman–Crippen LogP) is 6.60. The summed E-state index contributed by atoms with van der Waals surface area (Å²) in [5.41, 5.74) is 3.00. The average molecular weight is 734 g/mol. The van der Waals surface area contributed by atoms with Crippen LogP contribution in [0.15, 0.2) is 48.5 Å². The van der Waals surface area contributed by atoms with Crippen LogP contribution in [0.4, 0.5) is 9.59 Å². The molecule has 2 aromatic carbocycles. The maximum absolute atomic E-state index is 14.0. The van der Waals surface area contributed by atoms with Crippen molar-refractivity contribution < 1.29 is 43.3 Å². The summed E-state index contributed by atoms with van der Waals surface area (Å²) in [5.74, 6) is -4.15. The largest absolute Gasteiger partial charge is 0.480 e. The molecule has 1 aliphatic carbocycles. The highest BCUT2D eigenvalue weighted by atomic mass is 16.6. The number of ether oxygens (including phenoxy) is 3. The number of hydrogen-bond acceptors (Lipinski definition) is 8. The summed E-state index contributed by atoms with van der Waals surface area (Å²) in [6, 6.07) is 14.8. The van der Waals surface area contributed by atoms with Gasteiger partial charge in [-0.15, -0.1) is 0 Å². The van der Waals surface area contributed by atoms with Gasteiger partial charge < -0.3 is 34.4 Å². The van der Waals surface area contributed by atoms with Crippen molar-refractivity contribution in [3.05, 3.63) is 59.7 Å². The lowest BCUT2D eigenvalue weighted by Gasteiger charge is -2.35. The van der Waals surface area contributed by atoms with E-state index in [0.717, 1.165) is 22.3 Å². The summed E-state index contributed by atoms with van der Waals surface area (Å²) in [6.07, 6.45) is 1.75. The van der Waals surface area contributed by atoms with Crippen LogP contribution < -0.4 is 5.32 Å². The van der Waals surface area contributed by atoms with Crippen LogP contribution >= 0.6 is 0 Å². The number of rotatable bonds is 10. The lowest BCUT2D eigenvalue weighted by Crippen LogP contribution is -2.49. The van der Waals surface area contributed by atoms with E-state index >= 15 is 0 Å². The highest BCUT2D eigenvalue weighted by Crippen LogP contribution is 2.44. The lowest BCUT2D eigenvalue weighted by molar-refractivity contribution is -0.155. The molecule has 2 aromatic rings. The second-order valence-corrected chi connectivity index (χ2v) is 16.6. The summed E-state index contributed by atoms with van der Waals surface area (Å²) in [5, 5.41) is 12.9. The summed E-state index contributed by atoms with van der Waals surface area (Å²) in [6.45, 7) is 12.6. The number of fused-ring (bicyclic) bond motifs is 3. The molecule has 0 spiro atoms. The SMILES string of the molecule is CC(C)(C)OC(=O)N1CCC(C[C@@H](C(=O)N[C@@H](CC2CCN(C(=O)OC(C)(C)C)CC2)C(=O)O)C(=O)OCC2c3ccccc3-c3ccccc32)CC1. The van der Waals surface area contributed by atoms with E-state index in [1.54, 1.807) is 30.6 Å². The standard InChI is InChI=1S/C41H55N3O9/c1-40(2,3)52-38(49)43-19-15-26(16-20-43)23-32(37(48)51-25-33-30-13-9-7-11-28(30)29-12-8-10-14-31(29)33)35(45)42-34(36(46)47)24-27-17-21-44(22-18-27)39(50)53-41(4,5)6/h7-14,26-27,32-34H,15-25H2,1-6H3,(H,42,45)(H,46,47)/t32-,34-/m0/s1. The van der Waals surface area contributed by atoms with Gasteiger partial charge in [-0.1, -0.05) is 48.5 Å². The number of likely N-dealkylation sites (tertiary alicyclic amines) is 2. The molecule has 12 heteroatoms. The van der Waals surface area contributed by atoms with Gasteiger partial charge in [0.1, 0.15) is 29.8 Å². The van der Waals surface area contributed by atoms with Crippen LogP contribution in [0.1, 0.15) is 97.1 Å². The number of nitrogens with one attached hydrogen (secondary N) is 1. The van der Waals surface area contributed by atoms with Crippen molar-refractivity contribution in [2.24, 2.45) is 17.8 Å². The molecule has 2 fully saturated rings. The third kappa shape index (κ3) is 10.5. The van der Waals surface area contributed by atoms with Gasteiger partial charge in [0.05, 0.1) is 0 Å². The van der Waals surface area contributed by atoms with Gasteiger partial charge in [0, 0.05) is 32.1 Å². The van der Waals surface area contributed by atoms with E-state index < -0.39 is 53.2 Å². The van der Waals surface area contributed by atoms with Crippen LogP contribution in [0.5, 0.6) is 0 Å². The number of carboxylic acid groups (broad SMARTS) is 1. The number of carboxylic acids is 1. The number of carbonyl (C=O) groups is 5. The number of amides is 3. The summed E-state index contributed by atoms with van der Waals surface area (Å²) < 4.78 is 17.0. The van der Waals surface area contributed by atoms with Gasteiger partial charge in [0.15, 0.2) is 0 Å².